The van der Waals surface area contributed by atoms with Crippen molar-refractivity contribution < 1.29 is 9.59 Å². The highest BCUT2D eigenvalue weighted by atomic mass is 16.2. The molecule has 1 saturated carbocycles. The summed E-state index contributed by atoms with van der Waals surface area (Å²) >= 11 is 0. The number of hydrogen-bond donors (Lipinski definition) is 3. The van der Waals surface area contributed by atoms with E-state index >= 15 is 0 Å². The third-order valence-corrected chi connectivity index (χ3v) is 4.41. The minimum absolute atomic E-state index is 0.0227. The first-order valence-corrected chi connectivity index (χ1v) is 8.40. The Morgan fingerprint density at radius 1 is 1.21 bits per heavy atom. The van der Waals surface area contributed by atoms with Gasteiger partial charge in [0.25, 0.3) is 5.91 Å². The van der Waals surface area contributed by atoms with Gasteiger partial charge in [-0.15, -0.1) is 0 Å². The van der Waals surface area contributed by atoms with E-state index in [0.717, 1.165) is 42.1 Å². The highest BCUT2D eigenvalue weighted by molar-refractivity contribution is 5.99. The fourth-order valence-electron chi connectivity index (χ4n) is 3.09. The second-order valence-corrected chi connectivity index (χ2v) is 6.14. The normalized spacial score (nSPS) is 15.7. The third-order valence-electron chi connectivity index (χ3n) is 4.41. The third kappa shape index (κ3) is 4.01. The maximum Gasteiger partial charge on any atom is 0.259 e. The maximum atomic E-state index is 12.0. The number of nitrogens with one attached hydrogen (secondary N) is 3. The molecule has 3 N–H and O–H groups in total. The molecular weight excluding hydrogens is 304 g/mol. The molecule has 1 aromatic heterocycles. The summed E-state index contributed by atoms with van der Waals surface area (Å²) < 4.78 is 0. The zero-order chi connectivity index (χ0) is 16.8. The van der Waals surface area contributed by atoms with Crippen molar-refractivity contribution in [3.05, 3.63) is 36.0 Å². The average molecular weight is 326 g/mol. The number of carbonyl (C=O) groups is 2. The standard InChI is InChI=1S/C18H22N4O2/c23-17(12-20-18(24)13-6-2-1-3-7-13)22-21-11-14-10-19-16-9-5-4-8-15(14)16/h4-5,8-11,13,19H,1-3,6-7,12H2,(H,20,24)(H,22,23). The van der Waals surface area contributed by atoms with Crippen molar-refractivity contribution in [1.82, 2.24) is 15.7 Å². The quantitative estimate of drug-likeness (QED) is 0.582. The molecule has 3 rings (SSSR count). The number of hydrogen-bond acceptors (Lipinski definition) is 3. The van der Waals surface area contributed by atoms with Crippen LogP contribution in [0.5, 0.6) is 0 Å². The summed E-state index contributed by atoms with van der Waals surface area (Å²) in [6.07, 6.45) is 8.68. The highest BCUT2D eigenvalue weighted by Crippen LogP contribution is 2.23. The van der Waals surface area contributed by atoms with Gasteiger partial charge in [-0.1, -0.05) is 37.5 Å². The molecule has 2 amide bonds. The number of para-hydroxylation sites is 1. The number of nitrogens with zero attached hydrogens (tertiary/aromatic N) is 1. The minimum atomic E-state index is -0.324. The molecule has 126 valence electrons. The predicted molar refractivity (Wildman–Crippen MR) is 93.6 cm³/mol. The van der Waals surface area contributed by atoms with Crippen molar-refractivity contribution in [1.29, 1.82) is 0 Å². The number of H-pyrrole nitrogens is 1. The Kier molecular flexibility index (Phi) is 5.25. The largest absolute Gasteiger partial charge is 0.361 e. The molecule has 0 spiro atoms. The van der Waals surface area contributed by atoms with Crippen LogP contribution in [0.1, 0.15) is 37.7 Å². The Bertz CT molecular complexity index is 744. The first kappa shape index (κ1) is 16.2. The molecule has 1 aromatic carbocycles. The van der Waals surface area contributed by atoms with Crippen molar-refractivity contribution in [3.63, 3.8) is 0 Å². The predicted octanol–water partition coefficient (Wildman–Crippen LogP) is 2.31. The first-order valence-electron chi connectivity index (χ1n) is 8.40. The summed E-state index contributed by atoms with van der Waals surface area (Å²) in [5.41, 5.74) is 4.36. The Hall–Kier alpha value is -2.63. The van der Waals surface area contributed by atoms with Gasteiger partial charge in [-0.3, -0.25) is 9.59 Å². The van der Waals surface area contributed by atoms with Gasteiger partial charge in [0, 0.05) is 28.6 Å². The molecule has 1 heterocycles. The molecule has 0 saturated heterocycles. The minimum Gasteiger partial charge on any atom is -0.361 e. The second kappa shape index (κ2) is 7.77. The van der Waals surface area contributed by atoms with Crippen LogP contribution in [0.25, 0.3) is 10.9 Å². The number of rotatable bonds is 5. The van der Waals surface area contributed by atoms with Crippen LogP contribution in [-0.4, -0.2) is 29.6 Å². The lowest BCUT2D eigenvalue weighted by molar-refractivity contribution is -0.129. The summed E-state index contributed by atoms with van der Waals surface area (Å²) in [6, 6.07) is 7.87. The lowest BCUT2D eigenvalue weighted by atomic mass is 9.89. The van der Waals surface area contributed by atoms with Gasteiger partial charge in [-0.05, 0) is 18.9 Å². The van der Waals surface area contributed by atoms with Gasteiger partial charge in [0.15, 0.2) is 0 Å². The van der Waals surface area contributed by atoms with Crippen molar-refractivity contribution in [3.8, 4) is 0 Å². The topological polar surface area (TPSA) is 86.3 Å². The summed E-state index contributed by atoms with van der Waals surface area (Å²) in [4.78, 5) is 26.9. The Balaban J connectivity index is 1.46. The number of aromatic nitrogens is 1. The molecule has 1 aliphatic rings. The fourth-order valence-corrected chi connectivity index (χ4v) is 3.09. The van der Waals surface area contributed by atoms with Crippen LogP contribution < -0.4 is 10.7 Å². The molecule has 2 aromatic rings. The van der Waals surface area contributed by atoms with Crippen molar-refractivity contribution in [2.75, 3.05) is 6.54 Å². The van der Waals surface area contributed by atoms with Gasteiger partial charge in [0.1, 0.15) is 0 Å². The molecule has 6 nitrogen and oxygen atoms in total. The van der Waals surface area contributed by atoms with Crippen molar-refractivity contribution >= 4 is 28.9 Å². The SMILES string of the molecule is O=C(CNC(=O)C1CCCCC1)NN=Cc1c[nH]c2ccccc12. The summed E-state index contributed by atoms with van der Waals surface area (Å²) in [5.74, 6) is -0.290. The molecule has 0 atom stereocenters. The molecular formula is C18H22N4O2. The van der Waals surface area contributed by atoms with E-state index < -0.39 is 0 Å². The molecule has 0 radical (unpaired) electrons. The molecule has 1 aliphatic carbocycles. The van der Waals surface area contributed by atoms with Crippen LogP contribution in [0.2, 0.25) is 0 Å². The lowest BCUT2D eigenvalue weighted by Gasteiger charge is -2.20. The molecule has 6 heteroatoms. The monoisotopic (exact) mass is 326 g/mol. The van der Waals surface area contributed by atoms with Crippen LogP contribution in [0.3, 0.4) is 0 Å². The van der Waals surface area contributed by atoms with E-state index in [1.54, 1.807) is 6.21 Å². The average Bonchev–Trinajstić information content (AvgIpc) is 3.04. The van der Waals surface area contributed by atoms with Crippen LogP contribution in [0, 0.1) is 5.92 Å². The molecule has 0 aliphatic heterocycles. The van der Waals surface area contributed by atoms with E-state index in [-0.39, 0.29) is 24.3 Å². The van der Waals surface area contributed by atoms with E-state index in [1.807, 2.05) is 30.5 Å². The van der Waals surface area contributed by atoms with E-state index in [2.05, 4.69) is 20.8 Å². The summed E-state index contributed by atoms with van der Waals surface area (Å²) in [6.45, 7) is -0.0411. The zero-order valence-corrected chi connectivity index (χ0v) is 13.5. The van der Waals surface area contributed by atoms with E-state index in [9.17, 15) is 9.59 Å². The lowest BCUT2D eigenvalue weighted by Crippen LogP contribution is -2.38. The van der Waals surface area contributed by atoms with Crippen molar-refractivity contribution in [2.24, 2.45) is 11.0 Å². The molecule has 24 heavy (non-hydrogen) atoms. The maximum absolute atomic E-state index is 12.0. The van der Waals surface area contributed by atoms with E-state index in [0.29, 0.717) is 0 Å². The summed E-state index contributed by atoms with van der Waals surface area (Å²) in [5, 5.41) is 7.70. The van der Waals surface area contributed by atoms with Gasteiger partial charge in [0.05, 0.1) is 12.8 Å². The van der Waals surface area contributed by atoms with Gasteiger partial charge in [-0.25, -0.2) is 5.43 Å². The Labute approximate surface area is 140 Å². The van der Waals surface area contributed by atoms with Gasteiger partial charge < -0.3 is 10.3 Å². The molecule has 0 bridgehead atoms. The van der Waals surface area contributed by atoms with Gasteiger partial charge in [0.2, 0.25) is 5.91 Å². The Morgan fingerprint density at radius 2 is 2.00 bits per heavy atom. The van der Waals surface area contributed by atoms with E-state index in [4.69, 9.17) is 0 Å². The molecule has 0 unspecified atom stereocenters. The first-order chi connectivity index (χ1) is 11.7. The van der Waals surface area contributed by atoms with Crippen LogP contribution in [-0.2, 0) is 9.59 Å². The highest BCUT2D eigenvalue weighted by Gasteiger charge is 2.21. The van der Waals surface area contributed by atoms with Gasteiger partial charge >= 0.3 is 0 Å². The number of benzene rings is 1. The van der Waals surface area contributed by atoms with E-state index in [1.165, 1.54) is 6.42 Å². The number of fused-ring (bicyclic) bond motifs is 1. The second-order valence-electron chi connectivity index (χ2n) is 6.14. The number of amides is 2. The fraction of sp³-hybridized carbons (Fsp3) is 0.389. The smallest absolute Gasteiger partial charge is 0.259 e. The van der Waals surface area contributed by atoms with Crippen LogP contribution >= 0.6 is 0 Å². The van der Waals surface area contributed by atoms with Gasteiger partial charge in [-0.2, -0.15) is 5.10 Å². The van der Waals surface area contributed by atoms with Crippen LogP contribution in [0.4, 0.5) is 0 Å². The number of aromatic amines is 1. The number of hydrazone groups is 1. The molecule has 1 fully saturated rings. The van der Waals surface area contributed by atoms with Crippen molar-refractivity contribution in [2.45, 2.75) is 32.1 Å². The van der Waals surface area contributed by atoms with Crippen LogP contribution in [0.15, 0.2) is 35.6 Å². The number of carbonyl (C=O) groups excluding carboxylic acids is 2. The summed E-state index contributed by atoms with van der Waals surface area (Å²) in [7, 11) is 0. The zero-order valence-electron chi connectivity index (χ0n) is 13.5. The Morgan fingerprint density at radius 3 is 2.83 bits per heavy atom.